The minimum Gasteiger partial charge on any atom is -0.387 e. The third-order valence-electron chi connectivity index (χ3n) is 3.76. The zero-order chi connectivity index (χ0) is 13.4. The highest BCUT2D eigenvalue weighted by molar-refractivity contribution is 5.82. The fraction of sp³-hybridized carbons (Fsp3) is 0.500. The van der Waals surface area contributed by atoms with Crippen molar-refractivity contribution < 1.29 is 14.9 Å². The van der Waals surface area contributed by atoms with Gasteiger partial charge in [-0.25, -0.2) is 4.98 Å². The van der Waals surface area contributed by atoms with Crippen molar-refractivity contribution in [1.82, 2.24) is 19.5 Å². The van der Waals surface area contributed by atoms with Gasteiger partial charge in [0.2, 0.25) is 5.95 Å². The van der Waals surface area contributed by atoms with Crippen molar-refractivity contribution in [3.05, 3.63) is 6.33 Å². The largest absolute Gasteiger partial charge is 0.387 e. The average molecular weight is 264 g/mol. The van der Waals surface area contributed by atoms with E-state index in [9.17, 15) is 10.2 Å². The summed E-state index contributed by atoms with van der Waals surface area (Å²) in [4.78, 5) is 12.0. The van der Waals surface area contributed by atoms with Crippen molar-refractivity contribution in [2.45, 2.75) is 30.5 Å². The highest BCUT2D eigenvalue weighted by Gasteiger charge is 2.71. The standard InChI is InChI=1S/C10H12N6O3/c11-7-4-8(15-9(12)14-7)16(2-13-4)3-1-10(18)5(17)6(10)19-3/h2-3,5-6,17-18H,1H2,(H4,11,12,14,15)/t3-,5?,6-,10-/m1/s1. The first kappa shape index (κ1) is 10.9. The minimum atomic E-state index is -1.16. The average Bonchev–Trinajstić information content (AvgIpc) is 2.76. The predicted molar refractivity (Wildman–Crippen MR) is 63.6 cm³/mol. The van der Waals surface area contributed by atoms with Gasteiger partial charge in [0.05, 0.1) is 6.33 Å². The number of nitrogen functional groups attached to an aromatic ring is 2. The summed E-state index contributed by atoms with van der Waals surface area (Å²) >= 11 is 0. The molecule has 0 amide bonds. The Kier molecular flexibility index (Phi) is 1.80. The second kappa shape index (κ2) is 3.13. The lowest BCUT2D eigenvalue weighted by Crippen LogP contribution is -2.19. The van der Waals surface area contributed by atoms with Gasteiger partial charge in [0, 0.05) is 6.42 Å². The summed E-state index contributed by atoms with van der Waals surface area (Å²) in [6.45, 7) is 0. The summed E-state index contributed by atoms with van der Waals surface area (Å²) in [6.07, 6.45) is -0.0269. The van der Waals surface area contributed by atoms with E-state index >= 15 is 0 Å². The van der Waals surface area contributed by atoms with Gasteiger partial charge in [-0.1, -0.05) is 0 Å². The molecule has 3 heterocycles. The van der Waals surface area contributed by atoms with E-state index in [1.54, 1.807) is 4.57 Å². The number of ether oxygens (including phenoxy) is 1. The molecule has 0 aromatic carbocycles. The van der Waals surface area contributed by atoms with Crippen LogP contribution in [-0.4, -0.2) is 47.5 Å². The van der Waals surface area contributed by atoms with Crippen LogP contribution in [0.3, 0.4) is 0 Å². The van der Waals surface area contributed by atoms with Crippen LogP contribution < -0.4 is 11.5 Å². The molecule has 4 rings (SSSR count). The predicted octanol–water partition coefficient (Wildman–Crippen LogP) is -1.62. The van der Waals surface area contributed by atoms with Gasteiger partial charge in [-0.05, 0) is 0 Å². The molecule has 2 aromatic rings. The van der Waals surface area contributed by atoms with Gasteiger partial charge in [-0.15, -0.1) is 0 Å². The maximum atomic E-state index is 10.00. The highest BCUT2D eigenvalue weighted by atomic mass is 16.6. The Labute approximate surface area is 106 Å². The van der Waals surface area contributed by atoms with E-state index in [2.05, 4.69) is 15.0 Å². The molecule has 4 atom stereocenters. The SMILES string of the molecule is Nc1nc(N)c2ncn([C@H]3C[C@@]4(O)C(O)[C@H]4O3)c2n1. The van der Waals surface area contributed by atoms with Crippen LogP contribution in [0.4, 0.5) is 11.8 Å². The number of nitrogens with zero attached hydrogens (tertiary/aromatic N) is 4. The maximum Gasteiger partial charge on any atom is 0.224 e. The number of hydrogen-bond acceptors (Lipinski definition) is 8. The molecule has 0 radical (unpaired) electrons. The number of hydrogen-bond donors (Lipinski definition) is 4. The normalized spacial score (nSPS) is 36.6. The van der Waals surface area contributed by atoms with Crippen molar-refractivity contribution in [1.29, 1.82) is 0 Å². The molecule has 1 aliphatic carbocycles. The number of fused-ring (bicyclic) bond motifs is 2. The molecule has 1 saturated heterocycles. The van der Waals surface area contributed by atoms with E-state index in [1.165, 1.54) is 6.33 Å². The number of aliphatic hydroxyl groups excluding tert-OH is 1. The number of anilines is 2. The van der Waals surface area contributed by atoms with Crippen LogP contribution in [0.15, 0.2) is 6.33 Å². The van der Waals surface area contributed by atoms with Crippen LogP contribution in [0.1, 0.15) is 12.6 Å². The van der Waals surface area contributed by atoms with Gasteiger partial charge in [-0.2, -0.15) is 9.97 Å². The van der Waals surface area contributed by atoms with Crippen molar-refractivity contribution in [2.24, 2.45) is 0 Å². The number of aromatic nitrogens is 4. The first-order valence-corrected chi connectivity index (χ1v) is 5.82. The summed E-state index contributed by atoms with van der Waals surface area (Å²) in [7, 11) is 0. The van der Waals surface area contributed by atoms with Gasteiger partial charge in [0.15, 0.2) is 11.5 Å². The molecule has 6 N–H and O–H groups in total. The van der Waals surface area contributed by atoms with E-state index in [0.29, 0.717) is 11.2 Å². The van der Waals surface area contributed by atoms with Crippen LogP contribution in [0.5, 0.6) is 0 Å². The molecule has 2 aliphatic rings. The van der Waals surface area contributed by atoms with Crippen LogP contribution in [0.25, 0.3) is 11.2 Å². The Balaban J connectivity index is 1.77. The van der Waals surface area contributed by atoms with Crippen molar-refractivity contribution in [3.8, 4) is 0 Å². The first-order chi connectivity index (χ1) is 9.00. The number of rotatable bonds is 1. The van der Waals surface area contributed by atoms with Gasteiger partial charge in [-0.3, -0.25) is 4.57 Å². The minimum absolute atomic E-state index is 0.0497. The quantitative estimate of drug-likeness (QED) is 0.481. The highest BCUT2D eigenvalue weighted by Crippen LogP contribution is 2.53. The first-order valence-electron chi connectivity index (χ1n) is 5.82. The third-order valence-corrected chi connectivity index (χ3v) is 3.76. The summed E-state index contributed by atoms with van der Waals surface area (Å²) < 4.78 is 7.20. The zero-order valence-electron chi connectivity index (χ0n) is 9.76. The Hall–Kier alpha value is -1.97. The summed E-state index contributed by atoms with van der Waals surface area (Å²) in [5.41, 5.74) is 11.0. The van der Waals surface area contributed by atoms with Gasteiger partial charge < -0.3 is 26.4 Å². The fourth-order valence-corrected chi connectivity index (χ4v) is 2.63. The van der Waals surface area contributed by atoms with Crippen molar-refractivity contribution in [3.63, 3.8) is 0 Å². The zero-order valence-corrected chi connectivity index (χ0v) is 9.76. The van der Waals surface area contributed by atoms with Crippen LogP contribution in [-0.2, 0) is 4.74 Å². The van der Waals surface area contributed by atoms with Crippen molar-refractivity contribution in [2.75, 3.05) is 11.5 Å². The Bertz CT molecular complexity index is 687. The number of aliphatic hydroxyl groups is 2. The number of imidazole rings is 1. The van der Waals surface area contributed by atoms with E-state index in [-0.39, 0.29) is 18.2 Å². The Morgan fingerprint density at radius 2 is 2.21 bits per heavy atom. The molecule has 100 valence electrons. The molecule has 0 spiro atoms. The summed E-state index contributed by atoms with van der Waals surface area (Å²) in [5.74, 6) is 0.247. The van der Waals surface area contributed by atoms with Crippen molar-refractivity contribution >= 4 is 22.9 Å². The topological polar surface area (TPSA) is 145 Å². The molecule has 1 aliphatic heterocycles. The van der Waals surface area contributed by atoms with E-state index in [4.69, 9.17) is 16.2 Å². The lowest BCUT2D eigenvalue weighted by atomic mass is 10.2. The van der Waals surface area contributed by atoms with Gasteiger partial charge >= 0.3 is 0 Å². The second-order valence-corrected chi connectivity index (χ2v) is 4.94. The molecule has 9 heteroatoms. The fourth-order valence-electron chi connectivity index (χ4n) is 2.63. The summed E-state index contributed by atoms with van der Waals surface area (Å²) in [5, 5.41) is 19.5. The molecule has 2 fully saturated rings. The van der Waals surface area contributed by atoms with E-state index in [0.717, 1.165) is 0 Å². The molecule has 19 heavy (non-hydrogen) atoms. The maximum absolute atomic E-state index is 10.00. The lowest BCUT2D eigenvalue weighted by molar-refractivity contribution is -0.0117. The van der Waals surface area contributed by atoms with Crippen LogP contribution in [0, 0.1) is 0 Å². The van der Waals surface area contributed by atoms with Gasteiger partial charge in [0.1, 0.15) is 29.6 Å². The molecule has 2 aromatic heterocycles. The molecular formula is C10H12N6O3. The molecule has 9 nitrogen and oxygen atoms in total. The molecule has 0 bridgehead atoms. The Morgan fingerprint density at radius 3 is 2.89 bits per heavy atom. The Morgan fingerprint density at radius 1 is 1.42 bits per heavy atom. The molecule has 1 saturated carbocycles. The number of nitrogens with two attached hydrogens (primary N) is 2. The smallest absolute Gasteiger partial charge is 0.224 e. The second-order valence-electron chi connectivity index (χ2n) is 4.94. The lowest BCUT2D eigenvalue weighted by Gasteiger charge is -2.16. The third kappa shape index (κ3) is 1.26. The summed E-state index contributed by atoms with van der Waals surface area (Å²) in [6, 6.07) is 0. The van der Waals surface area contributed by atoms with Crippen LogP contribution >= 0.6 is 0 Å². The van der Waals surface area contributed by atoms with Gasteiger partial charge in [0.25, 0.3) is 0 Å². The monoisotopic (exact) mass is 264 g/mol. The van der Waals surface area contributed by atoms with E-state index in [1.807, 2.05) is 0 Å². The van der Waals surface area contributed by atoms with E-state index < -0.39 is 24.0 Å². The van der Waals surface area contributed by atoms with Crippen LogP contribution in [0.2, 0.25) is 0 Å². The molecular weight excluding hydrogens is 252 g/mol. The molecule has 1 unspecified atom stereocenters.